The van der Waals surface area contributed by atoms with Gasteiger partial charge in [0.1, 0.15) is 0 Å². The zero-order valence-electron chi connectivity index (χ0n) is 7.21. The van der Waals surface area contributed by atoms with Gasteiger partial charge in [0.2, 0.25) is 0 Å². The number of hydrogen-bond acceptors (Lipinski definition) is 2. The molecule has 3 nitrogen and oxygen atoms in total. The van der Waals surface area contributed by atoms with Crippen molar-refractivity contribution in [2.75, 3.05) is 0 Å². The Balaban J connectivity index is 2.19. The lowest BCUT2D eigenvalue weighted by molar-refractivity contribution is 0.295. The summed E-state index contributed by atoms with van der Waals surface area (Å²) in [7, 11) is 0. The van der Waals surface area contributed by atoms with E-state index in [0.29, 0.717) is 0 Å². The number of nitrogens with zero attached hydrogens (tertiary/aromatic N) is 1. The van der Waals surface area contributed by atoms with Gasteiger partial charge in [-0.1, -0.05) is 19.3 Å². The summed E-state index contributed by atoms with van der Waals surface area (Å²) in [5.41, 5.74) is 7.24. The van der Waals surface area contributed by atoms with Gasteiger partial charge in [0.05, 0.1) is 11.2 Å². The standard InChI is InChI=1S/C9H15N3/c10-9(5-2-1-3-6-9)8-4-7-11-12-8/h4,7H,1-3,5-6,10H2,(H,11,12). The highest BCUT2D eigenvalue weighted by molar-refractivity contribution is 5.13. The van der Waals surface area contributed by atoms with Crippen LogP contribution >= 0.6 is 0 Å². The van der Waals surface area contributed by atoms with Gasteiger partial charge in [0.25, 0.3) is 0 Å². The van der Waals surface area contributed by atoms with Gasteiger partial charge < -0.3 is 5.73 Å². The third-order valence-electron chi connectivity index (χ3n) is 2.78. The van der Waals surface area contributed by atoms with Gasteiger partial charge in [-0.3, -0.25) is 5.10 Å². The summed E-state index contributed by atoms with van der Waals surface area (Å²) in [5.74, 6) is 0. The second-order valence-electron chi connectivity index (χ2n) is 3.69. The maximum atomic E-state index is 6.25. The molecule has 0 radical (unpaired) electrons. The molecule has 66 valence electrons. The van der Waals surface area contributed by atoms with E-state index in [-0.39, 0.29) is 5.54 Å². The molecular formula is C9H15N3. The molecule has 0 spiro atoms. The highest BCUT2D eigenvalue weighted by Gasteiger charge is 2.30. The molecule has 0 amide bonds. The molecule has 1 aromatic rings. The molecule has 1 aliphatic rings. The van der Waals surface area contributed by atoms with E-state index in [9.17, 15) is 0 Å². The lowest BCUT2D eigenvalue weighted by atomic mass is 9.80. The van der Waals surface area contributed by atoms with Crippen LogP contribution in [0.1, 0.15) is 37.8 Å². The molecule has 3 N–H and O–H groups in total. The highest BCUT2D eigenvalue weighted by Crippen LogP contribution is 2.33. The Morgan fingerprint density at radius 3 is 2.67 bits per heavy atom. The minimum atomic E-state index is -0.116. The Kier molecular flexibility index (Phi) is 1.89. The molecular weight excluding hydrogens is 150 g/mol. The fourth-order valence-electron chi connectivity index (χ4n) is 1.99. The summed E-state index contributed by atoms with van der Waals surface area (Å²) in [6.07, 6.45) is 7.78. The van der Waals surface area contributed by atoms with Crippen molar-refractivity contribution in [3.05, 3.63) is 18.0 Å². The van der Waals surface area contributed by atoms with Crippen molar-refractivity contribution in [3.63, 3.8) is 0 Å². The van der Waals surface area contributed by atoms with Crippen LogP contribution in [0.15, 0.2) is 12.3 Å². The maximum Gasteiger partial charge on any atom is 0.0578 e. The van der Waals surface area contributed by atoms with Crippen LogP contribution in [0.4, 0.5) is 0 Å². The van der Waals surface area contributed by atoms with Gasteiger partial charge in [0, 0.05) is 6.20 Å². The highest BCUT2D eigenvalue weighted by atomic mass is 15.1. The predicted molar refractivity (Wildman–Crippen MR) is 47.5 cm³/mol. The Labute approximate surface area is 72.4 Å². The predicted octanol–water partition coefficient (Wildman–Crippen LogP) is 1.53. The summed E-state index contributed by atoms with van der Waals surface area (Å²) >= 11 is 0. The first kappa shape index (κ1) is 7.80. The van der Waals surface area contributed by atoms with E-state index >= 15 is 0 Å². The van der Waals surface area contributed by atoms with Gasteiger partial charge in [-0.2, -0.15) is 5.10 Å². The molecule has 12 heavy (non-hydrogen) atoms. The molecule has 1 heterocycles. The molecule has 1 aliphatic carbocycles. The van der Waals surface area contributed by atoms with Gasteiger partial charge in [-0.05, 0) is 18.9 Å². The average molecular weight is 165 g/mol. The quantitative estimate of drug-likeness (QED) is 0.663. The second-order valence-corrected chi connectivity index (χ2v) is 3.69. The summed E-state index contributed by atoms with van der Waals surface area (Å²) in [5, 5.41) is 6.91. The summed E-state index contributed by atoms with van der Waals surface area (Å²) < 4.78 is 0. The second kappa shape index (κ2) is 2.90. The molecule has 0 bridgehead atoms. The number of rotatable bonds is 1. The molecule has 0 unspecified atom stereocenters. The van der Waals surface area contributed by atoms with Crippen LogP contribution in [0.3, 0.4) is 0 Å². The van der Waals surface area contributed by atoms with Gasteiger partial charge >= 0.3 is 0 Å². The van der Waals surface area contributed by atoms with Crippen molar-refractivity contribution in [1.82, 2.24) is 10.2 Å². The molecule has 1 aromatic heterocycles. The molecule has 1 fully saturated rings. The van der Waals surface area contributed by atoms with Crippen molar-refractivity contribution in [3.8, 4) is 0 Å². The minimum Gasteiger partial charge on any atom is -0.320 e. The molecule has 1 saturated carbocycles. The van der Waals surface area contributed by atoms with Crippen LogP contribution in [0.25, 0.3) is 0 Å². The number of aromatic amines is 1. The first-order valence-electron chi connectivity index (χ1n) is 4.60. The maximum absolute atomic E-state index is 6.25. The molecule has 3 heteroatoms. The van der Waals surface area contributed by atoms with Crippen LogP contribution in [-0.4, -0.2) is 10.2 Å². The van der Waals surface area contributed by atoms with Crippen molar-refractivity contribution >= 4 is 0 Å². The monoisotopic (exact) mass is 165 g/mol. The van der Waals surface area contributed by atoms with Crippen molar-refractivity contribution in [2.45, 2.75) is 37.6 Å². The van der Waals surface area contributed by atoms with Crippen LogP contribution in [0.2, 0.25) is 0 Å². The topological polar surface area (TPSA) is 54.7 Å². The molecule has 0 aromatic carbocycles. The van der Waals surface area contributed by atoms with Gasteiger partial charge in [-0.15, -0.1) is 0 Å². The normalized spacial score (nSPS) is 22.4. The fraction of sp³-hybridized carbons (Fsp3) is 0.667. The number of nitrogens with one attached hydrogen (secondary N) is 1. The number of nitrogens with two attached hydrogens (primary N) is 1. The Hall–Kier alpha value is -0.830. The van der Waals surface area contributed by atoms with E-state index in [4.69, 9.17) is 5.73 Å². The van der Waals surface area contributed by atoms with Crippen LogP contribution in [0.5, 0.6) is 0 Å². The summed E-state index contributed by atoms with van der Waals surface area (Å²) in [6, 6.07) is 1.99. The van der Waals surface area contributed by atoms with Crippen molar-refractivity contribution in [1.29, 1.82) is 0 Å². The van der Waals surface area contributed by atoms with Gasteiger partial charge in [-0.25, -0.2) is 0 Å². The van der Waals surface area contributed by atoms with Crippen LogP contribution in [-0.2, 0) is 5.54 Å². The summed E-state index contributed by atoms with van der Waals surface area (Å²) in [6.45, 7) is 0. The van der Waals surface area contributed by atoms with E-state index in [1.807, 2.05) is 6.07 Å². The third-order valence-corrected chi connectivity index (χ3v) is 2.78. The largest absolute Gasteiger partial charge is 0.320 e. The lowest BCUT2D eigenvalue weighted by Crippen LogP contribution is -2.38. The smallest absolute Gasteiger partial charge is 0.0578 e. The zero-order chi connectivity index (χ0) is 8.44. The molecule has 2 rings (SSSR count). The Morgan fingerprint density at radius 1 is 1.33 bits per heavy atom. The fourth-order valence-corrected chi connectivity index (χ4v) is 1.99. The molecule has 0 saturated heterocycles. The first-order chi connectivity index (χ1) is 5.81. The molecule has 0 atom stereocenters. The zero-order valence-corrected chi connectivity index (χ0v) is 7.21. The van der Waals surface area contributed by atoms with Crippen LogP contribution in [0, 0.1) is 0 Å². The van der Waals surface area contributed by atoms with Crippen molar-refractivity contribution < 1.29 is 0 Å². The van der Waals surface area contributed by atoms with Gasteiger partial charge in [0.15, 0.2) is 0 Å². The van der Waals surface area contributed by atoms with Crippen molar-refractivity contribution in [2.24, 2.45) is 5.73 Å². The van der Waals surface area contributed by atoms with E-state index in [1.165, 1.54) is 19.3 Å². The van der Waals surface area contributed by atoms with E-state index in [1.54, 1.807) is 6.20 Å². The first-order valence-corrected chi connectivity index (χ1v) is 4.60. The third kappa shape index (κ3) is 1.25. The SMILES string of the molecule is NC1(c2ccn[nH]2)CCCCC1. The lowest BCUT2D eigenvalue weighted by Gasteiger charge is -2.32. The summed E-state index contributed by atoms with van der Waals surface area (Å²) in [4.78, 5) is 0. The van der Waals surface area contributed by atoms with E-state index in [2.05, 4.69) is 10.2 Å². The number of hydrogen-bond donors (Lipinski definition) is 2. The van der Waals surface area contributed by atoms with E-state index < -0.39 is 0 Å². The average Bonchev–Trinajstić information content (AvgIpc) is 2.58. The molecule has 0 aliphatic heterocycles. The Morgan fingerprint density at radius 2 is 2.08 bits per heavy atom. The van der Waals surface area contributed by atoms with Crippen LogP contribution < -0.4 is 5.73 Å². The number of H-pyrrole nitrogens is 1. The van der Waals surface area contributed by atoms with E-state index in [0.717, 1.165) is 18.5 Å². The minimum absolute atomic E-state index is 0.116. The number of aromatic nitrogens is 2. The Bertz CT molecular complexity index is 234.